The molecule has 0 fully saturated rings. The first kappa shape index (κ1) is 14.2. The minimum Gasteiger partial charge on any atom is -0.298 e. The average Bonchev–Trinajstić information content (AvgIpc) is 2.39. The van der Waals surface area contributed by atoms with Crippen LogP contribution in [0.2, 0.25) is 0 Å². The number of benzene rings is 1. The van der Waals surface area contributed by atoms with E-state index in [1.54, 1.807) is 12.1 Å². The van der Waals surface area contributed by atoms with Gasteiger partial charge in [-0.1, -0.05) is 12.1 Å². The number of nitriles is 1. The van der Waals surface area contributed by atoms with Crippen molar-refractivity contribution >= 4 is 5.91 Å². The molecule has 0 radical (unpaired) electrons. The van der Waals surface area contributed by atoms with Crippen molar-refractivity contribution < 1.29 is 4.79 Å². The second kappa shape index (κ2) is 6.74. The van der Waals surface area contributed by atoms with Gasteiger partial charge in [0.25, 0.3) is 5.91 Å². The fourth-order valence-corrected chi connectivity index (χ4v) is 1.58. The number of rotatable bonds is 5. The van der Waals surface area contributed by atoms with Gasteiger partial charge in [0.15, 0.2) is 0 Å². The van der Waals surface area contributed by atoms with Crippen LogP contribution in [0.1, 0.15) is 29.3 Å². The zero-order valence-corrected chi connectivity index (χ0v) is 10.7. The van der Waals surface area contributed by atoms with Gasteiger partial charge in [-0.05, 0) is 31.7 Å². The lowest BCUT2D eigenvalue weighted by Crippen LogP contribution is -2.30. The molecule has 5 nitrogen and oxygen atoms in total. The van der Waals surface area contributed by atoms with Crippen molar-refractivity contribution in [3.63, 3.8) is 0 Å². The van der Waals surface area contributed by atoms with E-state index in [4.69, 9.17) is 11.1 Å². The first-order valence-corrected chi connectivity index (χ1v) is 5.75. The Labute approximate surface area is 107 Å². The van der Waals surface area contributed by atoms with Gasteiger partial charge < -0.3 is 0 Å². The molecule has 1 atom stereocenters. The molecule has 0 bridgehead atoms. The van der Waals surface area contributed by atoms with E-state index in [0.29, 0.717) is 12.0 Å². The van der Waals surface area contributed by atoms with Gasteiger partial charge >= 0.3 is 0 Å². The Hall–Kier alpha value is -1.90. The van der Waals surface area contributed by atoms with Crippen molar-refractivity contribution in [3.8, 4) is 6.07 Å². The number of nitrogens with zero attached hydrogens (tertiary/aromatic N) is 2. The SMILES string of the molecule is CC(CC#N)N(C)Cc1ccc(C(=O)NN)cc1. The summed E-state index contributed by atoms with van der Waals surface area (Å²) >= 11 is 0. The molecule has 1 aromatic rings. The van der Waals surface area contributed by atoms with Gasteiger partial charge in [0.05, 0.1) is 12.5 Å². The highest BCUT2D eigenvalue weighted by Gasteiger charge is 2.09. The topological polar surface area (TPSA) is 82.2 Å². The van der Waals surface area contributed by atoms with E-state index < -0.39 is 0 Å². The molecule has 0 aliphatic rings. The van der Waals surface area contributed by atoms with E-state index in [-0.39, 0.29) is 11.9 Å². The van der Waals surface area contributed by atoms with Crippen LogP contribution in [0, 0.1) is 11.3 Å². The van der Waals surface area contributed by atoms with Gasteiger partial charge in [-0.3, -0.25) is 15.1 Å². The maximum absolute atomic E-state index is 11.3. The van der Waals surface area contributed by atoms with E-state index in [9.17, 15) is 4.79 Å². The van der Waals surface area contributed by atoms with Gasteiger partial charge in [0.1, 0.15) is 0 Å². The Bertz CT molecular complexity index is 435. The molecule has 0 aliphatic carbocycles. The van der Waals surface area contributed by atoms with Gasteiger partial charge in [0, 0.05) is 18.2 Å². The molecular weight excluding hydrogens is 228 g/mol. The molecule has 5 heteroatoms. The second-order valence-electron chi connectivity index (χ2n) is 4.30. The quantitative estimate of drug-likeness (QED) is 0.462. The number of nitrogens with two attached hydrogens (primary N) is 1. The third kappa shape index (κ3) is 3.84. The summed E-state index contributed by atoms with van der Waals surface area (Å²) in [6, 6.07) is 9.62. The maximum atomic E-state index is 11.3. The number of nitrogens with one attached hydrogen (secondary N) is 1. The molecule has 1 aromatic carbocycles. The minimum absolute atomic E-state index is 0.210. The third-order valence-electron chi connectivity index (χ3n) is 2.92. The molecule has 0 saturated carbocycles. The van der Waals surface area contributed by atoms with Gasteiger partial charge in [-0.25, -0.2) is 5.84 Å². The number of hydrogen-bond acceptors (Lipinski definition) is 4. The van der Waals surface area contributed by atoms with Crippen LogP contribution in [-0.2, 0) is 6.54 Å². The molecule has 0 aliphatic heterocycles. The summed E-state index contributed by atoms with van der Waals surface area (Å²) in [6.07, 6.45) is 0.504. The van der Waals surface area contributed by atoms with Crippen molar-refractivity contribution in [2.24, 2.45) is 5.84 Å². The molecule has 1 rings (SSSR count). The highest BCUT2D eigenvalue weighted by Crippen LogP contribution is 2.09. The van der Waals surface area contributed by atoms with Gasteiger partial charge in [-0.15, -0.1) is 0 Å². The molecule has 1 unspecified atom stereocenters. The Kier molecular flexibility index (Phi) is 5.31. The lowest BCUT2D eigenvalue weighted by atomic mass is 10.1. The van der Waals surface area contributed by atoms with Crippen molar-refractivity contribution in [3.05, 3.63) is 35.4 Å². The van der Waals surface area contributed by atoms with Crippen LogP contribution >= 0.6 is 0 Å². The first-order valence-electron chi connectivity index (χ1n) is 5.75. The Morgan fingerprint density at radius 1 is 1.50 bits per heavy atom. The van der Waals surface area contributed by atoms with Crippen LogP contribution in [0.4, 0.5) is 0 Å². The third-order valence-corrected chi connectivity index (χ3v) is 2.92. The van der Waals surface area contributed by atoms with Crippen LogP contribution in [0.25, 0.3) is 0 Å². The summed E-state index contributed by atoms with van der Waals surface area (Å²) in [5, 5.41) is 8.64. The summed E-state index contributed by atoms with van der Waals surface area (Å²) < 4.78 is 0. The molecule has 3 N–H and O–H groups in total. The van der Waals surface area contributed by atoms with Crippen molar-refractivity contribution in [2.45, 2.75) is 25.9 Å². The molecular formula is C13H18N4O. The first-order chi connectivity index (χ1) is 8.58. The maximum Gasteiger partial charge on any atom is 0.265 e. The van der Waals surface area contributed by atoms with Crippen LogP contribution in [-0.4, -0.2) is 23.9 Å². The van der Waals surface area contributed by atoms with Crippen LogP contribution in [0.5, 0.6) is 0 Å². The molecule has 0 spiro atoms. The molecule has 96 valence electrons. The predicted octanol–water partition coefficient (Wildman–Crippen LogP) is 1.02. The number of hydrazine groups is 1. The Morgan fingerprint density at radius 3 is 2.61 bits per heavy atom. The van der Waals surface area contributed by atoms with Crippen LogP contribution in [0.15, 0.2) is 24.3 Å². The van der Waals surface area contributed by atoms with Gasteiger partial charge in [0.2, 0.25) is 0 Å². The van der Waals surface area contributed by atoms with Crippen LogP contribution < -0.4 is 11.3 Å². The minimum atomic E-state index is -0.298. The number of carbonyl (C=O) groups is 1. The zero-order chi connectivity index (χ0) is 13.5. The summed E-state index contributed by atoms with van der Waals surface area (Å²) in [5.74, 6) is 4.76. The lowest BCUT2D eigenvalue weighted by Gasteiger charge is -2.22. The fraction of sp³-hybridized carbons (Fsp3) is 0.385. The molecule has 18 heavy (non-hydrogen) atoms. The standard InChI is InChI=1S/C13H18N4O/c1-10(7-8-14)17(2)9-11-3-5-12(6-4-11)13(18)16-15/h3-6,10H,7,9,15H2,1-2H3,(H,16,18). The van der Waals surface area contributed by atoms with E-state index in [1.165, 1.54) is 0 Å². The van der Waals surface area contributed by atoms with Crippen molar-refractivity contribution in [2.75, 3.05) is 7.05 Å². The molecule has 1 amide bonds. The number of hydrogen-bond donors (Lipinski definition) is 2. The number of carbonyl (C=O) groups excluding carboxylic acids is 1. The highest BCUT2D eigenvalue weighted by atomic mass is 16.2. The second-order valence-corrected chi connectivity index (χ2v) is 4.30. The Morgan fingerprint density at radius 2 is 2.11 bits per heavy atom. The predicted molar refractivity (Wildman–Crippen MR) is 69.3 cm³/mol. The van der Waals surface area contributed by atoms with Crippen molar-refractivity contribution in [1.29, 1.82) is 5.26 Å². The Balaban J connectivity index is 2.64. The monoisotopic (exact) mass is 246 g/mol. The van der Waals surface area contributed by atoms with E-state index in [2.05, 4.69) is 16.4 Å². The molecule has 0 aromatic heterocycles. The average molecular weight is 246 g/mol. The van der Waals surface area contributed by atoms with E-state index in [0.717, 1.165) is 12.1 Å². The summed E-state index contributed by atoms with van der Waals surface area (Å²) in [4.78, 5) is 13.4. The lowest BCUT2D eigenvalue weighted by molar-refractivity contribution is 0.0953. The number of nitrogen functional groups attached to an aromatic ring is 1. The van der Waals surface area contributed by atoms with E-state index in [1.807, 2.05) is 26.1 Å². The smallest absolute Gasteiger partial charge is 0.265 e. The number of amides is 1. The molecule has 0 saturated heterocycles. The van der Waals surface area contributed by atoms with Crippen LogP contribution in [0.3, 0.4) is 0 Å². The fourth-order valence-electron chi connectivity index (χ4n) is 1.58. The normalized spacial score (nSPS) is 11.9. The summed E-state index contributed by atoms with van der Waals surface area (Å²) in [7, 11) is 1.97. The molecule has 0 heterocycles. The largest absolute Gasteiger partial charge is 0.298 e. The zero-order valence-electron chi connectivity index (χ0n) is 10.7. The van der Waals surface area contributed by atoms with Crippen molar-refractivity contribution in [1.82, 2.24) is 10.3 Å². The summed E-state index contributed by atoms with van der Waals surface area (Å²) in [6.45, 7) is 2.76. The summed E-state index contributed by atoms with van der Waals surface area (Å²) in [5.41, 5.74) is 3.72. The highest BCUT2D eigenvalue weighted by molar-refractivity contribution is 5.93. The van der Waals surface area contributed by atoms with E-state index >= 15 is 0 Å². The van der Waals surface area contributed by atoms with Gasteiger partial charge in [-0.2, -0.15) is 5.26 Å².